The zero-order chi connectivity index (χ0) is 16.5. The summed E-state index contributed by atoms with van der Waals surface area (Å²) in [5, 5.41) is 11.4. The first-order valence-corrected chi connectivity index (χ1v) is 8.77. The summed E-state index contributed by atoms with van der Waals surface area (Å²) < 4.78 is 16.2. The summed E-state index contributed by atoms with van der Waals surface area (Å²) in [4.78, 5) is 45.7. The van der Waals surface area contributed by atoms with Gasteiger partial charge in [0, 0.05) is 20.1 Å². The van der Waals surface area contributed by atoms with Gasteiger partial charge in [0.1, 0.15) is 0 Å². The Hall–Kier alpha value is -1.44. The number of carbonyl (C=O) groups excluding carboxylic acids is 2. The Morgan fingerprint density at radius 2 is 2.09 bits per heavy atom. The molecule has 2 heterocycles. The predicted octanol–water partition coefficient (Wildman–Crippen LogP) is 0.0474. The number of hydrazine groups is 1. The molecule has 0 spiro atoms. The maximum Gasteiger partial charge on any atom is 0.328 e. The number of fused-ring (bicyclic) bond motifs is 1. The molecule has 0 aromatic rings. The first-order valence-electron chi connectivity index (χ1n) is 7.00. The third kappa shape index (κ3) is 3.31. The Balaban J connectivity index is 2.31. The molecule has 2 aliphatic rings. The second kappa shape index (κ2) is 6.36. The molecule has 0 aliphatic carbocycles. The molecule has 0 radical (unpaired) electrons. The second-order valence-corrected chi connectivity index (χ2v) is 7.44. The highest BCUT2D eigenvalue weighted by Crippen LogP contribution is 2.44. The van der Waals surface area contributed by atoms with Gasteiger partial charge in [-0.2, -0.15) is 0 Å². The van der Waals surface area contributed by atoms with Crippen molar-refractivity contribution in [3.63, 3.8) is 0 Å². The molecule has 2 N–H and O–H groups in total. The van der Waals surface area contributed by atoms with E-state index in [0.29, 0.717) is 6.42 Å². The second-order valence-electron chi connectivity index (χ2n) is 5.43. The maximum atomic E-state index is 12.6. The third-order valence-electron chi connectivity index (χ3n) is 3.99. The average Bonchev–Trinajstić information content (AvgIpc) is 2.59. The number of nitrogens with zero attached hydrogens (tertiary/aromatic N) is 2. The van der Waals surface area contributed by atoms with Crippen LogP contribution in [-0.2, 0) is 23.5 Å². The van der Waals surface area contributed by atoms with Gasteiger partial charge in [0.15, 0.2) is 6.04 Å². The Bertz CT molecular complexity index is 538. The van der Waals surface area contributed by atoms with Gasteiger partial charge in [-0.15, -0.1) is 0 Å². The Morgan fingerprint density at radius 1 is 1.41 bits per heavy atom. The quantitative estimate of drug-likeness (QED) is 0.696. The largest absolute Gasteiger partial charge is 0.480 e. The molecule has 2 fully saturated rings. The molecule has 0 saturated carbocycles. The molecule has 0 aromatic heterocycles. The molecule has 2 amide bonds. The van der Waals surface area contributed by atoms with Crippen molar-refractivity contribution in [2.24, 2.45) is 5.92 Å². The molecule has 22 heavy (non-hydrogen) atoms. The molecule has 124 valence electrons. The minimum atomic E-state index is -3.93. The number of rotatable bonds is 4. The first kappa shape index (κ1) is 16.9. The molecule has 2 rings (SSSR count). The maximum absolute atomic E-state index is 12.6. The van der Waals surface area contributed by atoms with Crippen molar-refractivity contribution in [3.8, 4) is 0 Å². The van der Waals surface area contributed by atoms with Crippen LogP contribution in [0.2, 0.25) is 0 Å². The van der Waals surface area contributed by atoms with Gasteiger partial charge >= 0.3 is 13.6 Å². The van der Waals surface area contributed by atoms with Crippen molar-refractivity contribution in [1.29, 1.82) is 0 Å². The van der Waals surface area contributed by atoms with Crippen LogP contribution < -0.4 is 0 Å². The molecule has 2 saturated heterocycles. The van der Waals surface area contributed by atoms with E-state index in [0.717, 1.165) is 12.1 Å². The fraction of sp³-hybridized carbons (Fsp3) is 0.750. The smallest absolute Gasteiger partial charge is 0.328 e. The summed E-state index contributed by atoms with van der Waals surface area (Å²) in [6.07, 6.45) is 0.451. The van der Waals surface area contributed by atoms with E-state index in [1.54, 1.807) is 0 Å². The van der Waals surface area contributed by atoms with E-state index in [4.69, 9.17) is 0 Å². The molecular formula is C12H19N2O7P. The van der Waals surface area contributed by atoms with Crippen molar-refractivity contribution in [2.45, 2.75) is 31.7 Å². The van der Waals surface area contributed by atoms with Gasteiger partial charge in [0.05, 0.1) is 12.1 Å². The van der Waals surface area contributed by atoms with Crippen LogP contribution in [0.5, 0.6) is 0 Å². The minimum Gasteiger partial charge on any atom is -0.480 e. The van der Waals surface area contributed by atoms with Gasteiger partial charge in [-0.1, -0.05) is 0 Å². The Kier molecular flexibility index (Phi) is 4.89. The summed E-state index contributed by atoms with van der Waals surface area (Å²) in [6, 6.07) is -1.12. The first-order chi connectivity index (χ1) is 10.3. The number of carboxylic acids is 1. The van der Waals surface area contributed by atoms with E-state index < -0.39 is 37.6 Å². The van der Waals surface area contributed by atoms with Crippen LogP contribution in [0.4, 0.5) is 0 Å². The van der Waals surface area contributed by atoms with Crippen LogP contribution in [0.15, 0.2) is 0 Å². The lowest BCUT2D eigenvalue weighted by Crippen LogP contribution is -2.60. The summed E-state index contributed by atoms with van der Waals surface area (Å²) in [5.41, 5.74) is 0. The number of amides is 2. The summed E-state index contributed by atoms with van der Waals surface area (Å²) in [6.45, 7) is 0.280. The van der Waals surface area contributed by atoms with Crippen LogP contribution >= 0.6 is 7.60 Å². The van der Waals surface area contributed by atoms with Crippen LogP contribution in [-0.4, -0.2) is 63.7 Å². The van der Waals surface area contributed by atoms with Gasteiger partial charge < -0.3 is 14.5 Å². The summed E-state index contributed by atoms with van der Waals surface area (Å²) in [5.74, 6) is -3.05. The number of hydrogen-bond donors (Lipinski definition) is 2. The molecule has 1 unspecified atom stereocenters. The highest BCUT2D eigenvalue weighted by Gasteiger charge is 2.45. The van der Waals surface area contributed by atoms with Crippen LogP contribution in [0.25, 0.3) is 0 Å². The fourth-order valence-corrected chi connectivity index (χ4v) is 3.88. The lowest BCUT2D eigenvalue weighted by Gasteiger charge is -2.41. The van der Waals surface area contributed by atoms with Gasteiger partial charge in [0.25, 0.3) is 0 Å². The standard InChI is InChI=1S/C12H19N2O7P/c1-21-22(19,20)7-8-4-5-10(15)13-6-2-3-9(12(17)18)14(13)11(8)16/h8-9H,2-7H2,1H3,(H,17,18)(H,19,20)/t8-,9+/m1/s1. The molecule has 2 aliphatic heterocycles. The molecule has 0 bridgehead atoms. The van der Waals surface area contributed by atoms with Crippen LogP contribution in [0.1, 0.15) is 25.7 Å². The molecular weight excluding hydrogens is 315 g/mol. The normalized spacial score (nSPS) is 28.8. The zero-order valence-corrected chi connectivity index (χ0v) is 13.1. The third-order valence-corrected chi connectivity index (χ3v) is 5.47. The SMILES string of the molecule is COP(=O)(O)C[C@H]1CCC(=O)N2CCC[C@@H](C(=O)O)N2C1=O. The van der Waals surface area contributed by atoms with Gasteiger partial charge in [-0.3, -0.25) is 19.2 Å². The van der Waals surface area contributed by atoms with E-state index in [-0.39, 0.29) is 31.7 Å². The topological polar surface area (TPSA) is 124 Å². The molecule has 3 atom stereocenters. The summed E-state index contributed by atoms with van der Waals surface area (Å²) in [7, 11) is -2.86. The number of aliphatic carboxylic acids is 1. The number of hydrogen-bond acceptors (Lipinski definition) is 5. The lowest BCUT2D eigenvalue weighted by atomic mass is 10.0. The van der Waals surface area contributed by atoms with E-state index in [9.17, 15) is 28.9 Å². The predicted molar refractivity (Wildman–Crippen MR) is 73.6 cm³/mol. The zero-order valence-electron chi connectivity index (χ0n) is 12.2. The minimum absolute atomic E-state index is 0.0307. The fourth-order valence-electron chi connectivity index (χ4n) is 2.84. The van der Waals surface area contributed by atoms with Crippen LogP contribution in [0, 0.1) is 5.92 Å². The molecule has 10 heteroatoms. The van der Waals surface area contributed by atoms with Crippen molar-refractivity contribution < 1.29 is 33.5 Å². The van der Waals surface area contributed by atoms with Gasteiger partial charge in [-0.25, -0.2) is 9.80 Å². The van der Waals surface area contributed by atoms with Gasteiger partial charge in [0.2, 0.25) is 11.8 Å². The average molecular weight is 334 g/mol. The van der Waals surface area contributed by atoms with Gasteiger partial charge in [-0.05, 0) is 19.3 Å². The van der Waals surface area contributed by atoms with Crippen molar-refractivity contribution in [2.75, 3.05) is 19.8 Å². The van der Waals surface area contributed by atoms with Crippen LogP contribution in [0.3, 0.4) is 0 Å². The molecule has 0 aromatic carbocycles. The van der Waals surface area contributed by atoms with Crippen molar-refractivity contribution >= 4 is 25.4 Å². The Morgan fingerprint density at radius 3 is 2.68 bits per heavy atom. The van der Waals surface area contributed by atoms with E-state index in [1.165, 1.54) is 5.01 Å². The van der Waals surface area contributed by atoms with E-state index >= 15 is 0 Å². The Labute approximate surface area is 127 Å². The summed E-state index contributed by atoms with van der Waals surface area (Å²) >= 11 is 0. The van der Waals surface area contributed by atoms with Crippen molar-refractivity contribution in [1.82, 2.24) is 10.0 Å². The lowest BCUT2D eigenvalue weighted by molar-refractivity contribution is -0.181. The monoisotopic (exact) mass is 334 g/mol. The van der Waals surface area contributed by atoms with E-state index in [1.807, 2.05) is 0 Å². The highest BCUT2D eigenvalue weighted by molar-refractivity contribution is 7.52. The highest BCUT2D eigenvalue weighted by atomic mass is 31.2. The number of carboxylic acid groups (broad SMARTS) is 1. The van der Waals surface area contributed by atoms with Crippen molar-refractivity contribution in [3.05, 3.63) is 0 Å². The van der Waals surface area contributed by atoms with E-state index in [2.05, 4.69) is 4.52 Å². The molecule has 9 nitrogen and oxygen atoms in total. The number of carbonyl (C=O) groups is 3.